The minimum Gasteiger partial charge on any atom is -0.372 e. The SMILES string of the molecule is CCN(CC)c1ccc(NC(=O)CCn2c(=O)c(C)nc3cc(C)c(C)cc32)c(C)c1. The first kappa shape index (κ1) is 22.5. The molecule has 1 aromatic heterocycles. The summed E-state index contributed by atoms with van der Waals surface area (Å²) >= 11 is 0. The van der Waals surface area contributed by atoms with Crippen molar-refractivity contribution in [3.05, 3.63) is 63.1 Å². The Kier molecular flexibility index (Phi) is 6.78. The summed E-state index contributed by atoms with van der Waals surface area (Å²) in [7, 11) is 0. The maximum Gasteiger partial charge on any atom is 0.272 e. The number of carbonyl (C=O) groups excluding carboxylic acids is 1. The maximum absolute atomic E-state index is 12.7. The molecule has 0 aliphatic carbocycles. The molecule has 31 heavy (non-hydrogen) atoms. The van der Waals surface area contributed by atoms with Crippen molar-refractivity contribution in [2.75, 3.05) is 23.3 Å². The molecule has 2 aromatic carbocycles. The van der Waals surface area contributed by atoms with Gasteiger partial charge in [0.1, 0.15) is 5.69 Å². The normalized spacial score (nSPS) is 11.0. The van der Waals surface area contributed by atoms with Gasteiger partial charge in [-0.3, -0.25) is 9.59 Å². The number of aryl methyl sites for hydroxylation is 5. The predicted molar refractivity (Wildman–Crippen MR) is 128 cm³/mol. The topological polar surface area (TPSA) is 67.2 Å². The summed E-state index contributed by atoms with van der Waals surface area (Å²) in [5.41, 5.74) is 7.04. The average Bonchev–Trinajstić information content (AvgIpc) is 2.73. The number of carbonyl (C=O) groups is 1. The molecule has 1 heterocycles. The molecule has 0 aliphatic rings. The highest BCUT2D eigenvalue weighted by Gasteiger charge is 2.13. The Morgan fingerprint density at radius 2 is 1.68 bits per heavy atom. The standard InChI is InChI=1S/C25H32N4O2/c1-7-28(8-2)20-9-10-21(18(5)13-20)27-24(30)11-12-29-23-15-17(4)16(3)14-22(23)26-19(6)25(29)31/h9-10,13-15H,7-8,11-12H2,1-6H3,(H,27,30). The molecule has 6 heteroatoms. The summed E-state index contributed by atoms with van der Waals surface area (Å²) in [4.78, 5) is 32.1. The van der Waals surface area contributed by atoms with Gasteiger partial charge in [-0.1, -0.05) is 0 Å². The summed E-state index contributed by atoms with van der Waals surface area (Å²) in [6.45, 7) is 14.2. The first-order valence-corrected chi connectivity index (χ1v) is 10.9. The second-order valence-corrected chi connectivity index (χ2v) is 8.05. The third kappa shape index (κ3) is 4.79. The summed E-state index contributed by atoms with van der Waals surface area (Å²) in [5.74, 6) is -0.114. The van der Waals surface area contributed by atoms with Crippen molar-refractivity contribution in [2.24, 2.45) is 0 Å². The van der Waals surface area contributed by atoms with Crippen LogP contribution < -0.4 is 15.8 Å². The Morgan fingerprint density at radius 1 is 1.00 bits per heavy atom. The number of amides is 1. The van der Waals surface area contributed by atoms with Gasteiger partial charge >= 0.3 is 0 Å². The van der Waals surface area contributed by atoms with Crippen molar-refractivity contribution < 1.29 is 4.79 Å². The van der Waals surface area contributed by atoms with E-state index in [1.54, 1.807) is 11.5 Å². The molecule has 0 radical (unpaired) electrons. The fourth-order valence-electron chi connectivity index (χ4n) is 3.85. The zero-order chi connectivity index (χ0) is 22.7. The van der Waals surface area contributed by atoms with Crippen LogP contribution in [0.4, 0.5) is 11.4 Å². The van der Waals surface area contributed by atoms with Crippen LogP contribution in [0.5, 0.6) is 0 Å². The summed E-state index contributed by atoms with van der Waals surface area (Å²) < 4.78 is 1.67. The number of nitrogens with zero attached hydrogens (tertiary/aromatic N) is 3. The lowest BCUT2D eigenvalue weighted by Gasteiger charge is -2.22. The van der Waals surface area contributed by atoms with Crippen LogP contribution in [0.25, 0.3) is 11.0 Å². The Morgan fingerprint density at radius 3 is 2.32 bits per heavy atom. The maximum atomic E-state index is 12.7. The molecule has 0 saturated carbocycles. The van der Waals surface area contributed by atoms with Gasteiger partial charge in [-0.2, -0.15) is 0 Å². The number of aromatic nitrogens is 2. The number of hydrogen-bond acceptors (Lipinski definition) is 4. The van der Waals surface area contributed by atoms with Gasteiger partial charge in [0.25, 0.3) is 5.56 Å². The Balaban J connectivity index is 1.79. The van der Waals surface area contributed by atoms with E-state index in [1.165, 1.54) is 0 Å². The smallest absolute Gasteiger partial charge is 0.272 e. The number of anilines is 2. The molecule has 6 nitrogen and oxygen atoms in total. The monoisotopic (exact) mass is 420 g/mol. The van der Waals surface area contributed by atoms with Crippen molar-refractivity contribution in [3.8, 4) is 0 Å². The van der Waals surface area contributed by atoms with E-state index in [-0.39, 0.29) is 17.9 Å². The van der Waals surface area contributed by atoms with Crippen molar-refractivity contribution in [1.29, 1.82) is 0 Å². The molecule has 1 N–H and O–H groups in total. The van der Waals surface area contributed by atoms with Gasteiger partial charge in [0.2, 0.25) is 5.91 Å². The van der Waals surface area contributed by atoms with E-state index in [0.717, 1.165) is 52.2 Å². The minimum atomic E-state index is -0.150. The van der Waals surface area contributed by atoms with E-state index >= 15 is 0 Å². The van der Waals surface area contributed by atoms with Crippen molar-refractivity contribution in [1.82, 2.24) is 9.55 Å². The number of rotatable bonds is 7. The van der Waals surface area contributed by atoms with Gasteiger partial charge in [-0.05, 0) is 88.6 Å². The number of benzene rings is 2. The molecule has 0 aliphatic heterocycles. The summed E-state index contributed by atoms with van der Waals surface area (Å²) in [5, 5.41) is 3.00. The van der Waals surface area contributed by atoms with Gasteiger partial charge in [0.05, 0.1) is 11.0 Å². The largest absolute Gasteiger partial charge is 0.372 e. The third-order valence-electron chi connectivity index (χ3n) is 5.90. The zero-order valence-electron chi connectivity index (χ0n) is 19.4. The van der Waals surface area contributed by atoms with E-state index in [9.17, 15) is 9.59 Å². The van der Waals surface area contributed by atoms with Crippen LogP contribution in [-0.2, 0) is 11.3 Å². The van der Waals surface area contributed by atoms with E-state index in [0.29, 0.717) is 12.2 Å². The van der Waals surface area contributed by atoms with Crippen molar-refractivity contribution in [2.45, 2.75) is 54.5 Å². The molecular formula is C25H32N4O2. The minimum absolute atomic E-state index is 0.114. The second-order valence-electron chi connectivity index (χ2n) is 8.05. The third-order valence-corrected chi connectivity index (χ3v) is 5.90. The van der Waals surface area contributed by atoms with Gasteiger partial charge in [0.15, 0.2) is 0 Å². The van der Waals surface area contributed by atoms with Crippen LogP contribution in [0.1, 0.15) is 42.7 Å². The summed E-state index contributed by atoms with van der Waals surface area (Å²) in [6.07, 6.45) is 0.211. The quantitative estimate of drug-likeness (QED) is 0.611. The summed E-state index contributed by atoms with van der Waals surface area (Å²) in [6, 6.07) is 10.1. The van der Waals surface area contributed by atoms with Gasteiger partial charge in [0, 0.05) is 37.4 Å². The molecule has 0 bridgehead atoms. The van der Waals surface area contributed by atoms with Crippen LogP contribution in [0.2, 0.25) is 0 Å². The molecule has 0 saturated heterocycles. The second kappa shape index (κ2) is 9.33. The van der Waals surface area contributed by atoms with Crippen LogP contribution in [-0.4, -0.2) is 28.5 Å². The van der Waals surface area contributed by atoms with Crippen LogP contribution in [0, 0.1) is 27.7 Å². The molecule has 3 rings (SSSR count). The molecule has 0 spiro atoms. The first-order valence-electron chi connectivity index (χ1n) is 10.9. The van der Waals surface area contributed by atoms with Gasteiger partial charge in [-0.15, -0.1) is 0 Å². The number of hydrogen-bond donors (Lipinski definition) is 1. The molecule has 164 valence electrons. The highest BCUT2D eigenvalue weighted by atomic mass is 16.2. The van der Waals surface area contributed by atoms with Gasteiger partial charge in [-0.25, -0.2) is 4.98 Å². The van der Waals surface area contributed by atoms with Crippen LogP contribution in [0.3, 0.4) is 0 Å². The van der Waals surface area contributed by atoms with Crippen molar-refractivity contribution in [3.63, 3.8) is 0 Å². The lowest BCUT2D eigenvalue weighted by Crippen LogP contribution is -2.26. The molecule has 0 fully saturated rings. The average molecular weight is 421 g/mol. The fraction of sp³-hybridized carbons (Fsp3) is 0.400. The molecule has 1 amide bonds. The van der Waals surface area contributed by atoms with E-state index in [4.69, 9.17) is 0 Å². The Hall–Kier alpha value is -3.15. The highest BCUT2D eigenvalue weighted by molar-refractivity contribution is 5.91. The fourth-order valence-corrected chi connectivity index (χ4v) is 3.85. The zero-order valence-corrected chi connectivity index (χ0v) is 19.4. The lowest BCUT2D eigenvalue weighted by molar-refractivity contribution is -0.116. The van der Waals surface area contributed by atoms with Gasteiger partial charge < -0.3 is 14.8 Å². The van der Waals surface area contributed by atoms with Crippen molar-refractivity contribution >= 4 is 28.3 Å². The first-order chi connectivity index (χ1) is 14.7. The molecule has 0 unspecified atom stereocenters. The molecular weight excluding hydrogens is 388 g/mol. The van der Waals surface area contributed by atoms with Crippen LogP contribution >= 0.6 is 0 Å². The molecule has 0 atom stereocenters. The number of nitrogens with one attached hydrogen (secondary N) is 1. The lowest BCUT2D eigenvalue weighted by atomic mass is 10.1. The van der Waals surface area contributed by atoms with E-state index in [2.05, 4.69) is 35.1 Å². The van der Waals surface area contributed by atoms with E-state index in [1.807, 2.05) is 45.0 Å². The number of fused-ring (bicyclic) bond motifs is 1. The van der Waals surface area contributed by atoms with E-state index < -0.39 is 0 Å². The highest BCUT2D eigenvalue weighted by Crippen LogP contribution is 2.23. The molecule has 3 aromatic rings. The van der Waals surface area contributed by atoms with Crippen LogP contribution in [0.15, 0.2) is 35.1 Å². The predicted octanol–water partition coefficient (Wildman–Crippen LogP) is 4.51. The Bertz CT molecular complexity index is 1180. The Labute approximate surface area is 183 Å².